The summed E-state index contributed by atoms with van der Waals surface area (Å²) in [4.78, 5) is 2.47. The minimum atomic E-state index is 0.876. The molecule has 1 N–H and O–H groups in total. The third kappa shape index (κ3) is 4.14. The number of aryl methyl sites for hydroxylation is 1. The van der Waals surface area contributed by atoms with Crippen LogP contribution in [0.4, 0.5) is 0 Å². The van der Waals surface area contributed by atoms with Gasteiger partial charge in [0, 0.05) is 25.7 Å². The topological polar surface area (TPSA) is 15.3 Å². The van der Waals surface area contributed by atoms with Crippen LogP contribution in [0.1, 0.15) is 30.9 Å². The molecule has 0 bridgehead atoms. The van der Waals surface area contributed by atoms with Gasteiger partial charge in [-0.05, 0) is 37.4 Å². The van der Waals surface area contributed by atoms with Gasteiger partial charge in [0.2, 0.25) is 0 Å². The lowest BCUT2D eigenvalue weighted by atomic mass is 10.1. The molecular formula is C15H24N2. The van der Waals surface area contributed by atoms with Crippen LogP contribution in [-0.4, -0.2) is 31.1 Å². The van der Waals surface area contributed by atoms with Crippen LogP contribution in [0.15, 0.2) is 24.3 Å². The van der Waals surface area contributed by atoms with E-state index < -0.39 is 0 Å². The molecule has 1 saturated carbocycles. The zero-order chi connectivity index (χ0) is 12.1. The highest BCUT2D eigenvalue weighted by atomic mass is 15.2. The Labute approximate surface area is 105 Å². The Bertz CT molecular complexity index is 327. The molecule has 17 heavy (non-hydrogen) atoms. The molecule has 0 unspecified atom stereocenters. The molecule has 1 aromatic rings. The van der Waals surface area contributed by atoms with Crippen molar-refractivity contribution in [3.63, 3.8) is 0 Å². The van der Waals surface area contributed by atoms with Crippen molar-refractivity contribution < 1.29 is 0 Å². The lowest BCUT2D eigenvalue weighted by molar-refractivity contribution is 0.321. The second-order valence-corrected chi connectivity index (χ2v) is 5.06. The van der Waals surface area contributed by atoms with Crippen LogP contribution in [0.3, 0.4) is 0 Å². The van der Waals surface area contributed by atoms with E-state index in [0.29, 0.717) is 0 Å². The Kier molecular flexibility index (Phi) is 4.57. The summed E-state index contributed by atoms with van der Waals surface area (Å²) in [6.45, 7) is 5.43. The summed E-state index contributed by atoms with van der Waals surface area (Å²) in [5.41, 5.74) is 2.80. The Hall–Kier alpha value is -0.860. The van der Waals surface area contributed by atoms with Gasteiger partial charge in [0.25, 0.3) is 0 Å². The first-order valence-electron chi connectivity index (χ1n) is 6.78. The van der Waals surface area contributed by atoms with Crippen LogP contribution in [0.2, 0.25) is 0 Å². The van der Waals surface area contributed by atoms with Crippen molar-refractivity contribution in [1.82, 2.24) is 10.2 Å². The Morgan fingerprint density at radius 3 is 2.41 bits per heavy atom. The first kappa shape index (κ1) is 12.6. The van der Waals surface area contributed by atoms with E-state index in [-0.39, 0.29) is 0 Å². The van der Waals surface area contributed by atoms with Crippen LogP contribution in [0.25, 0.3) is 0 Å². The number of benzene rings is 1. The number of likely N-dealkylation sites (N-methyl/N-ethyl adjacent to an activating group) is 1. The third-order valence-electron chi connectivity index (χ3n) is 3.57. The number of nitrogens with one attached hydrogen (secondary N) is 1. The van der Waals surface area contributed by atoms with E-state index in [0.717, 1.165) is 32.1 Å². The molecule has 2 nitrogen and oxygen atoms in total. The smallest absolute Gasteiger partial charge is 0.0206 e. The lowest BCUT2D eigenvalue weighted by Gasteiger charge is -2.15. The molecule has 0 saturated heterocycles. The van der Waals surface area contributed by atoms with Crippen molar-refractivity contribution >= 4 is 0 Å². The highest BCUT2D eigenvalue weighted by Crippen LogP contribution is 2.24. The minimum Gasteiger partial charge on any atom is -0.311 e. The highest BCUT2D eigenvalue weighted by Gasteiger charge is 2.25. The Morgan fingerprint density at radius 1 is 1.18 bits per heavy atom. The molecule has 1 aliphatic rings. The van der Waals surface area contributed by atoms with Crippen molar-refractivity contribution in [2.45, 2.75) is 38.8 Å². The number of hydrogen-bond donors (Lipinski definition) is 1. The van der Waals surface area contributed by atoms with Crippen molar-refractivity contribution in [2.75, 3.05) is 20.1 Å². The van der Waals surface area contributed by atoms with Crippen molar-refractivity contribution in [3.05, 3.63) is 35.4 Å². The van der Waals surface area contributed by atoms with Gasteiger partial charge in [-0.3, -0.25) is 0 Å². The van der Waals surface area contributed by atoms with Gasteiger partial charge in [0.05, 0.1) is 0 Å². The van der Waals surface area contributed by atoms with Gasteiger partial charge >= 0.3 is 0 Å². The molecule has 1 aromatic carbocycles. The summed E-state index contributed by atoms with van der Waals surface area (Å²) in [5.74, 6) is 0. The Balaban J connectivity index is 1.63. The molecule has 1 aliphatic carbocycles. The standard InChI is InChI=1S/C15H24N2/c1-3-13-4-6-14(7-5-13)12-16-10-11-17(2)15-8-9-15/h4-7,15-16H,3,8-12H2,1-2H3. The molecule has 0 aromatic heterocycles. The Morgan fingerprint density at radius 2 is 1.82 bits per heavy atom. The summed E-state index contributed by atoms with van der Waals surface area (Å²) < 4.78 is 0. The molecule has 0 heterocycles. The molecule has 2 heteroatoms. The molecule has 0 atom stereocenters. The maximum absolute atomic E-state index is 3.51. The SMILES string of the molecule is CCc1ccc(CNCCN(C)C2CC2)cc1. The first-order valence-corrected chi connectivity index (χ1v) is 6.78. The zero-order valence-electron chi connectivity index (χ0n) is 11.1. The summed E-state index contributed by atoms with van der Waals surface area (Å²) >= 11 is 0. The van der Waals surface area contributed by atoms with Crippen molar-refractivity contribution in [2.24, 2.45) is 0 Å². The first-order chi connectivity index (χ1) is 8.29. The van der Waals surface area contributed by atoms with Crippen molar-refractivity contribution in [3.8, 4) is 0 Å². The van der Waals surface area contributed by atoms with Gasteiger partial charge in [0.15, 0.2) is 0 Å². The molecule has 0 amide bonds. The summed E-state index contributed by atoms with van der Waals surface area (Å²) in [6.07, 6.45) is 3.92. The summed E-state index contributed by atoms with van der Waals surface area (Å²) in [6, 6.07) is 9.80. The van der Waals surface area contributed by atoms with E-state index >= 15 is 0 Å². The average molecular weight is 232 g/mol. The minimum absolute atomic E-state index is 0.876. The van der Waals surface area contributed by atoms with Crippen LogP contribution in [0, 0.1) is 0 Å². The number of hydrogen-bond acceptors (Lipinski definition) is 2. The fraction of sp³-hybridized carbons (Fsp3) is 0.600. The van der Waals surface area contributed by atoms with Gasteiger partial charge in [-0.15, -0.1) is 0 Å². The third-order valence-corrected chi connectivity index (χ3v) is 3.57. The second kappa shape index (κ2) is 6.18. The van der Waals surface area contributed by atoms with Crippen LogP contribution >= 0.6 is 0 Å². The lowest BCUT2D eigenvalue weighted by Crippen LogP contribution is -2.30. The molecular weight excluding hydrogens is 208 g/mol. The van der Waals surface area contributed by atoms with Crippen LogP contribution in [0.5, 0.6) is 0 Å². The number of nitrogens with zero attached hydrogens (tertiary/aromatic N) is 1. The number of rotatable bonds is 7. The maximum atomic E-state index is 3.51. The van der Waals surface area contributed by atoms with Crippen LogP contribution < -0.4 is 5.32 Å². The van der Waals surface area contributed by atoms with Gasteiger partial charge in [-0.1, -0.05) is 31.2 Å². The fourth-order valence-electron chi connectivity index (χ4n) is 2.08. The van der Waals surface area contributed by atoms with E-state index in [2.05, 4.69) is 48.5 Å². The van der Waals surface area contributed by atoms with E-state index in [1.54, 1.807) is 0 Å². The van der Waals surface area contributed by atoms with E-state index in [9.17, 15) is 0 Å². The van der Waals surface area contributed by atoms with E-state index in [4.69, 9.17) is 0 Å². The van der Waals surface area contributed by atoms with Gasteiger partial charge in [-0.2, -0.15) is 0 Å². The normalized spacial score (nSPS) is 15.5. The fourth-order valence-corrected chi connectivity index (χ4v) is 2.08. The zero-order valence-corrected chi connectivity index (χ0v) is 11.1. The van der Waals surface area contributed by atoms with E-state index in [1.165, 1.54) is 24.0 Å². The second-order valence-electron chi connectivity index (χ2n) is 5.06. The van der Waals surface area contributed by atoms with Crippen molar-refractivity contribution in [1.29, 1.82) is 0 Å². The van der Waals surface area contributed by atoms with Gasteiger partial charge < -0.3 is 10.2 Å². The molecule has 0 aliphatic heterocycles. The summed E-state index contributed by atoms with van der Waals surface area (Å²) in [5, 5.41) is 3.51. The predicted octanol–water partition coefficient (Wildman–Crippen LogP) is 2.43. The highest BCUT2D eigenvalue weighted by molar-refractivity contribution is 5.22. The largest absolute Gasteiger partial charge is 0.311 e. The molecule has 2 rings (SSSR count). The molecule has 0 radical (unpaired) electrons. The summed E-state index contributed by atoms with van der Waals surface area (Å²) in [7, 11) is 2.23. The quantitative estimate of drug-likeness (QED) is 0.726. The van der Waals surface area contributed by atoms with Gasteiger partial charge in [0.1, 0.15) is 0 Å². The molecule has 94 valence electrons. The monoisotopic (exact) mass is 232 g/mol. The maximum Gasteiger partial charge on any atom is 0.0206 e. The van der Waals surface area contributed by atoms with Crippen LogP contribution in [-0.2, 0) is 13.0 Å². The average Bonchev–Trinajstić information content (AvgIpc) is 3.19. The molecule has 0 spiro atoms. The predicted molar refractivity (Wildman–Crippen MR) is 73.2 cm³/mol. The molecule has 1 fully saturated rings. The van der Waals surface area contributed by atoms with E-state index in [1.807, 2.05) is 0 Å². The van der Waals surface area contributed by atoms with Gasteiger partial charge in [-0.25, -0.2) is 0 Å².